The number of thiophene rings is 1. The third-order valence-corrected chi connectivity index (χ3v) is 7.64. The molecule has 0 atom stereocenters. The molecule has 1 radical (unpaired) electrons. The minimum atomic E-state index is 0.638. The number of hydrogen-bond acceptors (Lipinski definition) is 3. The van der Waals surface area contributed by atoms with Gasteiger partial charge in [-0.15, -0.1) is 11.3 Å². The van der Waals surface area contributed by atoms with Crippen molar-refractivity contribution in [1.82, 2.24) is 4.57 Å². The van der Waals surface area contributed by atoms with Gasteiger partial charge >= 0.3 is 7.69 Å². The van der Waals surface area contributed by atoms with E-state index in [9.17, 15) is 5.02 Å². The van der Waals surface area contributed by atoms with Crippen molar-refractivity contribution in [3.63, 3.8) is 0 Å². The highest BCUT2D eigenvalue weighted by Crippen LogP contribution is 2.47. The van der Waals surface area contributed by atoms with Gasteiger partial charge in [-0.05, 0) is 30.3 Å². The Morgan fingerprint density at radius 3 is 2.24 bits per heavy atom. The molecule has 5 aromatic carbocycles. The van der Waals surface area contributed by atoms with Gasteiger partial charge in [0.25, 0.3) is 0 Å². The quantitative estimate of drug-likeness (QED) is 0.294. The molecule has 0 amide bonds. The summed E-state index contributed by atoms with van der Waals surface area (Å²) in [6.07, 6.45) is 0. The first-order valence-electron chi connectivity index (χ1n) is 10.8. The Morgan fingerprint density at radius 2 is 1.39 bits per heavy atom. The summed E-state index contributed by atoms with van der Waals surface area (Å²) < 4.78 is 10.4. The summed E-state index contributed by atoms with van der Waals surface area (Å²) in [4.78, 5) is 0. The first kappa shape index (κ1) is 18.7. The van der Waals surface area contributed by atoms with Crippen LogP contribution in [0.3, 0.4) is 0 Å². The van der Waals surface area contributed by atoms with Gasteiger partial charge in [0.05, 0.1) is 11.0 Å². The monoisotopic (exact) mass is 442 g/mol. The topological polar surface area (TPSA) is 34.4 Å². The number of rotatable bonds is 3. The number of hydrogen-bond donors (Lipinski definition) is 1. The lowest BCUT2D eigenvalue weighted by Gasteiger charge is -2.12. The molecule has 0 spiro atoms. The van der Waals surface area contributed by atoms with Crippen LogP contribution in [0.1, 0.15) is 0 Å². The normalized spacial score (nSPS) is 11.8. The minimum Gasteiger partial charge on any atom is -0.537 e. The Morgan fingerprint density at radius 1 is 0.667 bits per heavy atom. The molecule has 0 aliphatic rings. The van der Waals surface area contributed by atoms with Gasteiger partial charge in [-0.3, -0.25) is 0 Å². The smallest absolute Gasteiger partial charge is 0.537 e. The molecular weight excluding hydrogens is 425 g/mol. The summed E-state index contributed by atoms with van der Waals surface area (Å²) in [5, 5.41) is 16.6. The summed E-state index contributed by atoms with van der Waals surface area (Å²) in [5.41, 5.74) is 3.28. The molecule has 0 unspecified atom stereocenters. The van der Waals surface area contributed by atoms with Crippen LogP contribution in [0.4, 0.5) is 0 Å². The van der Waals surface area contributed by atoms with E-state index in [4.69, 9.17) is 4.65 Å². The first-order chi connectivity index (χ1) is 16.3. The molecule has 0 fully saturated rings. The van der Waals surface area contributed by atoms with Crippen LogP contribution in [-0.2, 0) is 0 Å². The van der Waals surface area contributed by atoms with Crippen LogP contribution in [0, 0.1) is 0 Å². The van der Waals surface area contributed by atoms with Crippen LogP contribution in [0.5, 0.6) is 5.75 Å². The third-order valence-electron chi connectivity index (χ3n) is 6.44. The van der Waals surface area contributed by atoms with Crippen molar-refractivity contribution in [3.8, 4) is 11.4 Å². The second kappa shape index (κ2) is 7.10. The van der Waals surface area contributed by atoms with E-state index in [1.54, 1.807) is 0 Å². The van der Waals surface area contributed by atoms with Gasteiger partial charge in [-0.25, -0.2) is 0 Å². The van der Waals surface area contributed by atoms with E-state index in [2.05, 4.69) is 89.5 Å². The van der Waals surface area contributed by atoms with Gasteiger partial charge in [0, 0.05) is 53.5 Å². The van der Waals surface area contributed by atoms with Crippen molar-refractivity contribution in [2.24, 2.45) is 0 Å². The lowest BCUT2D eigenvalue weighted by molar-refractivity contribution is 0.457. The molecule has 0 saturated carbocycles. The maximum Gasteiger partial charge on any atom is 0.569 e. The van der Waals surface area contributed by atoms with Gasteiger partial charge < -0.3 is 14.2 Å². The Kier molecular flexibility index (Phi) is 4.04. The molecule has 7 aromatic rings. The number of fused-ring (bicyclic) bond motifs is 9. The van der Waals surface area contributed by atoms with Gasteiger partial charge in [0.15, 0.2) is 0 Å². The summed E-state index contributed by atoms with van der Waals surface area (Å²) in [5.74, 6) is 0.638. The van der Waals surface area contributed by atoms with E-state index in [0.29, 0.717) is 5.75 Å². The minimum absolute atomic E-state index is 0.638. The molecule has 33 heavy (non-hydrogen) atoms. The van der Waals surface area contributed by atoms with E-state index >= 15 is 0 Å². The molecule has 5 heteroatoms. The highest BCUT2D eigenvalue weighted by atomic mass is 32.1. The predicted molar refractivity (Wildman–Crippen MR) is 140 cm³/mol. The standard InChI is InChI=1S/C28H17BNO2S/c31-29-32-24-16-23-26(20-11-4-6-12-22(20)30(23)17-8-2-1-3-9-17)27-21(24)15-14-19-18-10-5-7-13-25(18)33-28(19)27/h1-16,31H. The molecule has 1 N–H and O–H groups in total. The third kappa shape index (κ3) is 2.61. The highest BCUT2D eigenvalue weighted by Gasteiger charge is 2.20. The van der Waals surface area contributed by atoms with Crippen LogP contribution in [-0.4, -0.2) is 17.3 Å². The van der Waals surface area contributed by atoms with Crippen LogP contribution in [0.15, 0.2) is 97.1 Å². The predicted octanol–water partition coefficient (Wildman–Crippen LogP) is 7.21. The number of para-hydroxylation sites is 2. The van der Waals surface area contributed by atoms with Crippen LogP contribution >= 0.6 is 11.3 Å². The number of nitrogens with zero attached hydrogens (tertiary/aromatic N) is 1. The molecule has 0 saturated heterocycles. The van der Waals surface area contributed by atoms with Gasteiger partial charge in [-0.1, -0.05) is 60.7 Å². The highest BCUT2D eigenvalue weighted by molar-refractivity contribution is 7.26. The Balaban J connectivity index is 1.79. The maximum absolute atomic E-state index is 9.55. The average Bonchev–Trinajstić information content (AvgIpc) is 3.40. The zero-order chi connectivity index (χ0) is 21.9. The Bertz CT molecular complexity index is 1840. The molecule has 0 aliphatic carbocycles. The molecule has 2 aromatic heterocycles. The van der Waals surface area contributed by atoms with Crippen molar-refractivity contribution < 1.29 is 9.68 Å². The number of benzene rings is 5. The van der Waals surface area contributed by atoms with Gasteiger partial charge in [0.1, 0.15) is 5.75 Å². The van der Waals surface area contributed by atoms with Crippen molar-refractivity contribution in [2.75, 3.05) is 0 Å². The van der Waals surface area contributed by atoms with Crippen LogP contribution in [0.25, 0.3) is 58.4 Å². The maximum atomic E-state index is 9.55. The van der Waals surface area contributed by atoms with Crippen molar-refractivity contribution in [1.29, 1.82) is 0 Å². The lowest BCUT2D eigenvalue weighted by atomic mass is 10.00. The zero-order valence-electron chi connectivity index (χ0n) is 17.5. The van der Waals surface area contributed by atoms with Crippen molar-refractivity contribution in [2.45, 2.75) is 0 Å². The molecule has 2 heterocycles. The van der Waals surface area contributed by atoms with Crippen LogP contribution in [0.2, 0.25) is 0 Å². The fraction of sp³-hybridized carbons (Fsp3) is 0. The lowest BCUT2D eigenvalue weighted by Crippen LogP contribution is -2.01. The largest absolute Gasteiger partial charge is 0.569 e. The summed E-state index contributed by atoms with van der Waals surface area (Å²) >= 11 is 1.81. The summed E-state index contributed by atoms with van der Waals surface area (Å²) in [6.45, 7) is 0. The second-order valence-corrected chi connectivity index (χ2v) is 9.20. The molecule has 3 nitrogen and oxygen atoms in total. The van der Waals surface area contributed by atoms with E-state index in [1.807, 2.05) is 23.5 Å². The van der Waals surface area contributed by atoms with Gasteiger partial charge in [0.2, 0.25) is 0 Å². The van der Waals surface area contributed by atoms with Crippen molar-refractivity contribution in [3.05, 3.63) is 97.1 Å². The fourth-order valence-electron chi connectivity index (χ4n) is 5.11. The van der Waals surface area contributed by atoms with E-state index in [1.165, 1.54) is 30.9 Å². The van der Waals surface area contributed by atoms with E-state index < -0.39 is 0 Å². The average molecular weight is 442 g/mol. The Labute approximate surface area is 194 Å². The second-order valence-electron chi connectivity index (χ2n) is 8.14. The summed E-state index contributed by atoms with van der Waals surface area (Å²) in [7, 11) is 0.769. The molecule has 7 rings (SSSR count). The number of aromatic nitrogens is 1. The molecule has 0 bridgehead atoms. The first-order valence-corrected chi connectivity index (χ1v) is 11.6. The van der Waals surface area contributed by atoms with E-state index in [-0.39, 0.29) is 0 Å². The van der Waals surface area contributed by atoms with Crippen molar-refractivity contribution >= 4 is 71.8 Å². The Hall–Kier alpha value is -3.80. The fourth-order valence-corrected chi connectivity index (χ4v) is 6.37. The van der Waals surface area contributed by atoms with E-state index in [0.717, 1.165) is 35.2 Å². The SMILES string of the molecule is O[B]Oc1cc2c(c3ccccc3n2-c2ccccc2)c2c1ccc1c3ccccc3sc12. The molecule has 155 valence electrons. The van der Waals surface area contributed by atoms with Gasteiger partial charge in [-0.2, -0.15) is 0 Å². The zero-order valence-corrected chi connectivity index (χ0v) is 18.3. The van der Waals surface area contributed by atoms with Crippen LogP contribution < -0.4 is 4.65 Å². The molecular formula is C28H17BNO2S. The molecule has 0 aliphatic heterocycles. The summed E-state index contributed by atoms with van der Waals surface area (Å²) in [6, 6.07) is 33.8.